The summed E-state index contributed by atoms with van der Waals surface area (Å²) in [5.41, 5.74) is 1.09. The fourth-order valence-electron chi connectivity index (χ4n) is 2.41. The van der Waals surface area contributed by atoms with Crippen LogP contribution in [0.1, 0.15) is 15.9 Å². The van der Waals surface area contributed by atoms with Crippen molar-refractivity contribution in [1.29, 1.82) is 0 Å². The van der Waals surface area contributed by atoms with E-state index in [1.807, 2.05) is 0 Å². The Bertz CT molecular complexity index is 1020. The summed E-state index contributed by atoms with van der Waals surface area (Å²) in [5, 5.41) is 3.33. The van der Waals surface area contributed by atoms with Gasteiger partial charge in [0.15, 0.2) is 0 Å². The molecule has 134 valence electrons. The minimum absolute atomic E-state index is 0.144. The molecule has 1 aromatic heterocycles. The largest absolute Gasteiger partial charge is 0.573 e. The van der Waals surface area contributed by atoms with E-state index in [0.29, 0.717) is 11.3 Å². The quantitative estimate of drug-likeness (QED) is 0.707. The van der Waals surface area contributed by atoms with E-state index in [2.05, 4.69) is 10.1 Å². The van der Waals surface area contributed by atoms with Crippen LogP contribution in [0.25, 0.3) is 11.0 Å². The molecule has 0 aliphatic rings. The summed E-state index contributed by atoms with van der Waals surface area (Å²) in [7, 11) is 0. The molecule has 0 radical (unpaired) electrons. The summed E-state index contributed by atoms with van der Waals surface area (Å²) in [6, 6.07) is 10.7. The average molecular weight is 363 g/mol. The Kier molecular flexibility index (Phi) is 4.41. The van der Waals surface area contributed by atoms with E-state index < -0.39 is 23.6 Å². The summed E-state index contributed by atoms with van der Waals surface area (Å²) in [6.07, 6.45) is -4.79. The van der Waals surface area contributed by atoms with Gasteiger partial charge >= 0.3 is 12.0 Å². The van der Waals surface area contributed by atoms with Gasteiger partial charge in [-0.2, -0.15) is 0 Å². The lowest BCUT2D eigenvalue weighted by molar-refractivity contribution is -0.274. The van der Waals surface area contributed by atoms with Crippen LogP contribution in [-0.2, 0) is 0 Å². The Morgan fingerprint density at radius 3 is 2.42 bits per heavy atom. The van der Waals surface area contributed by atoms with Crippen molar-refractivity contribution in [1.82, 2.24) is 0 Å². The van der Waals surface area contributed by atoms with Crippen molar-refractivity contribution in [3.63, 3.8) is 0 Å². The van der Waals surface area contributed by atoms with E-state index in [4.69, 9.17) is 4.42 Å². The standard InChI is InChI=1S/C18H12F3NO4/c1-10-8-16(23)25-15-9-12(4-7-14(10)15)22-17(24)11-2-5-13(6-3-11)26-18(19,20)21/h2-9H,1H3,(H,22,24). The van der Waals surface area contributed by atoms with Crippen LogP contribution in [-0.4, -0.2) is 12.3 Å². The molecule has 0 fully saturated rings. The second-order valence-corrected chi connectivity index (χ2v) is 5.49. The molecular formula is C18H12F3NO4. The molecule has 5 nitrogen and oxygen atoms in total. The highest BCUT2D eigenvalue weighted by molar-refractivity contribution is 6.05. The summed E-state index contributed by atoms with van der Waals surface area (Å²) in [5.74, 6) is -0.949. The number of nitrogens with one attached hydrogen (secondary N) is 1. The van der Waals surface area contributed by atoms with Crippen molar-refractivity contribution >= 4 is 22.6 Å². The van der Waals surface area contributed by atoms with Gasteiger partial charge in [-0.25, -0.2) is 4.79 Å². The number of anilines is 1. The molecule has 0 bridgehead atoms. The molecule has 1 N–H and O–H groups in total. The normalized spacial score (nSPS) is 11.4. The maximum absolute atomic E-state index is 12.2. The van der Waals surface area contributed by atoms with Gasteiger partial charge in [0.2, 0.25) is 0 Å². The van der Waals surface area contributed by atoms with Gasteiger partial charge < -0.3 is 14.5 Å². The van der Waals surface area contributed by atoms with Gasteiger partial charge in [0.05, 0.1) is 0 Å². The van der Waals surface area contributed by atoms with Crippen molar-refractivity contribution in [3.8, 4) is 5.75 Å². The van der Waals surface area contributed by atoms with Gasteiger partial charge in [-0.05, 0) is 48.9 Å². The number of halogens is 3. The molecule has 3 rings (SSSR count). The van der Waals surface area contributed by atoms with E-state index in [9.17, 15) is 22.8 Å². The van der Waals surface area contributed by atoms with Gasteiger partial charge in [0.25, 0.3) is 5.91 Å². The average Bonchev–Trinajstić information content (AvgIpc) is 2.53. The number of carbonyl (C=O) groups is 1. The monoisotopic (exact) mass is 363 g/mol. The predicted molar refractivity (Wildman–Crippen MR) is 88.3 cm³/mol. The number of hydrogen-bond acceptors (Lipinski definition) is 4. The molecule has 1 heterocycles. The fraction of sp³-hybridized carbons (Fsp3) is 0.111. The highest BCUT2D eigenvalue weighted by atomic mass is 19.4. The van der Waals surface area contributed by atoms with Gasteiger partial charge in [-0.3, -0.25) is 4.79 Å². The Labute approximate surface area is 145 Å². The third kappa shape index (κ3) is 4.02. The Morgan fingerprint density at radius 2 is 1.77 bits per heavy atom. The zero-order valence-corrected chi connectivity index (χ0v) is 13.4. The van der Waals surface area contributed by atoms with E-state index in [-0.39, 0.29) is 5.56 Å². The second kappa shape index (κ2) is 6.55. The highest BCUT2D eigenvalue weighted by Crippen LogP contribution is 2.24. The number of benzene rings is 2. The molecule has 1 amide bonds. The summed E-state index contributed by atoms with van der Waals surface area (Å²) >= 11 is 0. The van der Waals surface area contributed by atoms with Crippen molar-refractivity contribution in [2.24, 2.45) is 0 Å². The number of rotatable bonds is 3. The molecule has 0 saturated carbocycles. The molecule has 26 heavy (non-hydrogen) atoms. The number of fused-ring (bicyclic) bond motifs is 1. The lowest BCUT2D eigenvalue weighted by atomic mass is 10.1. The van der Waals surface area contributed by atoms with Gasteiger partial charge in [-0.15, -0.1) is 13.2 Å². The van der Waals surface area contributed by atoms with E-state index >= 15 is 0 Å². The Morgan fingerprint density at radius 1 is 1.08 bits per heavy atom. The van der Waals surface area contributed by atoms with E-state index in [1.54, 1.807) is 19.1 Å². The van der Waals surface area contributed by atoms with Crippen LogP contribution in [0.2, 0.25) is 0 Å². The maximum Gasteiger partial charge on any atom is 0.573 e. The first kappa shape index (κ1) is 17.5. The Balaban J connectivity index is 1.79. The maximum atomic E-state index is 12.2. The van der Waals surface area contributed by atoms with Gasteiger partial charge in [0, 0.05) is 28.8 Å². The first-order valence-electron chi connectivity index (χ1n) is 7.43. The van der Waals surface area contributed by atoms with Crippen LogP contribution in [0.3, 0.4) is 0 Å². The molecule has 0 spiro atoms. The number of carbonyl (C=O) groups excluding carboxylic acids is 1. The van der Waals surface area contributed by atoms with Crippen LogP contribution >= 0.6 is 0 Å². The summed E-state index contributed by atoms with van der Waals surface area (Å²) in [4.78, 5) is 23.7. The molecule has 0 aliphatic carbocycles. The molecule has 0 aliphatic heterocycles. The summed E-state index contributed by atoms with van der Waals surface area (Å²) < 4.78 is 45.3. The number of alkyl halides is 3. The molecule has 0 unspecified atom stereocenters. The zero-order valence-electron chi connectivity index (χ0n) is 13.4. The lowest BCUT2D eigenvalue weighted by Gasteiger charge is -2.10. The zero-order chi connectivity index (χ0) is 18.9. The second-order valence-electron chi connectivity index (χ2n) is 5.49. The van der Waals surface area contributed by atoms with Crippen molar-refractivity contribution < 1.29 is 27.1 Å². The Hall–Kier alpha value is -3.29. The van der Waals surface area contributed by atoms with Gasteiger partial charge in [-0.1, -0.05) is 0 Å². The van der Waals surface area contributed by atoms with E-state index in [1.165, 1.54) is 24.3 Å². The van der Waals surface area contributed by atoms with Crippen LogP contribution in [0.5, 0.6) is 5.75 Å². The lowest BCUT2D eigenvalue weighted by Crippen LogP contribution is -2.17. The minimum atomic E-state index is -4.79. The van der Waals surface area contributed by atoms with Crippen LogP contribution in [0.4, 0.5) is 18.9 Å². The smallest absolute Gasteiger partial charge is 0.423 e. The third-order valence-electron chi connectivity index (χ3n) is 3.56. The summed E-state index contributed by atoms with van der Waals surface area (Å²) in [6.45, 7) is 1.77. The highest BCUT2D eigenvalue weighted by Gasteiger charge is 2.31. The van der Waals surface area contributed by atoms with Crippen molar-refractivity contribution in [3.05, 3.63) is 70.1 Å². The number of amides is 1. The number of aryl methyl sites for hydroxylation is 1. The number of hydrogen-bond donors (Lipinski definition) is 1. The molecular weight excluding hydrogens is 351 g/mol. The third-order valence-corrected chi connectivity index (χ3v) is 3.56. The van der Waals surface area contributed by atoms with Crippen LogP contribution < -0.4 is 15.7 Å². The number of ether oxygens (including phenoxy) is 1. The van der Waals surface area contributed by atoms with Crippen LogP contribution in [0.15, 0.2) is 57.7 Å². The fourth-order valence-corrected chi connectivity index (χ4v) is 2.41. The first-order chi connectivity index (χ1) is 12.2. The minimum Gasteiger partial charge on any atom is -0.423 e. The molecule has 0 saturated heterocycles. The van der Waals surface area contributed by atoms with E-state index in [0.717, 1.165) is 23.1 Å². The molecule has 0 atom stereocenters. The first-order valence-corrected chi connectivity index (χ1v) is 7.43. The molecule has 2 aromatic carbocycles. The SMILES string of the molecule is Cc1cc(=O)oc2cc(NC(=O)c3ccc(OC(F)(F)F)cc3)ccc12. The van der Waals surface area contributed by atoms with Crippen molar-refractivity contribution in [2.45, 2.75) is 13.3 Å². The topological polar surface area (TPSA) is 68.5 Å². The molecule has 3 aromatic rings. The molecule has 8 heteroatoms. The van der Waals surface area contributed by atoms with Crippen molar-refractivity contribution in [2.75, 3.05) is 5.32 Å². The van der Waals surface area contributed by atoms with Crippen LogP contribution in [0, 0.1) is 6.92 Å². The van der Waals surface area contributed by atoms with Gasteiger partial charge in [0.1, 0.15) is 11.3 Å². The predicted octanol–water partition coefficient (Wildman–Crippen LogP) is 4.25.